The van der Waals surface area contributed by atoms with E-state index in [4.69, 9.17) is 5.73 Å². The minimum Gasteiger partial charge on any atom is -0.787 e. The van der Waals surface area contributed by atoms with Gasteiger partial charge in [0, 0.05) is 6.17 Å². The van der Waals surface area contributed by atoms with E-state index >= 15 is 0 Å². The second-order valence-electron chi connectivity index (χ2n) is 1.13. The van der Waals surface area contributed by atoms with Crippen LogP contribution in [0.3, 0.4) is 0 Å². The Hall–Kier alpha value is -0.120. The molecule has 0 heterocycles. The Morgan fingerprint density at radius 2 is 2.50 bits per heavy atom. The number of hydrogen-bond acceptors (Lipinski definition) is 3. The molecule has 3 nitrogen and oxygen atoms in total. The number of hydroxylamine groups is 1. The second kappa shape index (κ2) is 3.08. The molecule has 0 aliphatic heterocycles. The summed E-state index contributed by atoms with van der Waals surface area (Å²) in [6.07, 6.45) is 0.314. The Morgan fingerprint density at radius 1 is 2.00 bits per heavy atom. The Balaban J connectivity index is 2.75. The molecule has 0 saturated carbocycles. The molecule has 0 radical (unpaired) electrons. The topological polar surface area (TPSA) is 61.1 Å². The molecule has 0 saturated heterocycles. The molecular weight excluding hydrogens is 80.0 g/mol. The highest BCUT2D eigenvalue weighted by molar-refractivity contribution is 4.52. The fraction of sp³-hybridized carbons (Fsp3) is 1.00. The molecule has 3 heteroatoms. The molecule has 3 N–H and O–H groups in total. The third-order valence-electron chi connectivity index (χ3n) is 0.591. The van der Waals surface area contributed by atoms with Gasteiger partial charge in [0.1, 0.15) is 0 Å². The lowest BCUT2D eigenvalue weighted by Gasteiger charge is -2.13. The van der Waals surface area contributed by atoms with Gasteiger partial charge in [-0.05, 0) is 6.42 Å². The lowest BCUT2D eigenvalue weighted by atomic mass is 10.4. The highest BCUT2D eigenvalue weighted by atomic mass is 16.5. The maximum absolute atomic E-state index is 9.49. The van der Waals surface area contributed by atoms with Gasteiger partial charge < -0.3 is 16.4 Å². The number of rotatable bonds is 2. The van der Waals surface area contributed by atoms with Gasteiger partial charge in [0.2, 0.25) is 0 Å². The van der Waals surface area contributed by atoms with Gasteiger partial charge >= 0.3 is 0 Å². The summed E-state index contributed by atoms with van der Waals surface area (Å²) in [6, 6.07) is 0. The van der Waals surface area contributed by atoms with Gasteiger partial charge in [-0.25, -0.2) is 0 Å². The highest BCUT2D eigenvalue weighted by Crippen LogP contribution is 1.74. The SMILES string of the molecule is CCC(N)N[O-]. The van der Waals surface area contributed by atoms with Gasteiger partial charge in [0.15, 0.2) is 0 Å². The molecule has 38 valence electrons. The summed E-state index contributed by atoms with van der Waals surface area (Å²) in [6.45, 7) is 1.84. The van der Waals surface area contributed by atoms with Gasteiger partial charge in [-0.1, -0.05) is 6.92 Å². The van der Waals surface area contributed by atoms with Crippen LogP contribution in [0.15, 0.2) is 0 Å². The van der Waals surface area contributed by atoms with Crippen molar-refractivity contribution in [3.05, 3.63) is 5.21 Å². The van der Waals surface area contributed by atoms with E-state index in [2.05, 4.69) is 0 Å². The predicted molar refractivity (Wildman–Crippen MR) is 24.8 cm³/mol. The van der Waals surface area contributed by atoms with Crippen LogP contribution in [0.4, 0.5) is 0 Å². The van der Waals surface area contributed by atoms with E-state index in [1.54, 1.807) is 5.48 Å². The van der Waals surface area contributed by atoms with Crippen molar-refractivity contribution >= 4 is 0 Å². The number of nitrogens with two attached hydrogens (primary N) is 1. The lowest BCUT2D eigenvalue weighted by Crippen LogP contribution is -2.31. The summed E-state index contributed by atoms with van der Waals surface area (Å²) >= 11 is 0. The van der Waals surface area contributed by atoms with Crippen molar-refractivity contribution in [1.82, 2.24) is 5.48 Å². The van der Waals surface area contributed by atoms with Crippen molar-refractivity contribution in [2.75, 3.05) is 0 Å². The zero-order valence-electron chi connectivity index (χ0n) is 3.77. The van der Waals surface area contributed by atoms with Crippen molar-refractivity contribution in [2.45, 2.75) is 19.5 Å². The van der Waals surface area contributed by atoms with E-state index < -0.39 is 0 Å². The standard InChI is InChI=1S/C3H9N2O/c1-2-3(4)5-6/h3,5H,2,4H2,1H3/q-1. The number of nitrogens with one attached hydrogen (secondary N) is 1. The minimum atomic E-state index is -0.370. The fourth-order valence-electron chi connectivity index (χ4n) is 0.0833. The Labute approximate surface area is 37.1 Å². The second-order valence-corrected chi connectivity index (χ2v) is 1.13. The Kier molecular flexibility index (Phi) is 3.02. The van der Waals surface area contributed by atoms with Gasteiger partial charge in [-0.15, -0.1) is 0 Å². The van der Waals surface area contributed by atoms with Crippen molar-refractivity contribution in [1.29, 1.82) is 0 Å². The normalized spacial score (nSPS) is 14.5. The molecule has 0 bridgehead atoms. The molecule has 0 aromatic rings. The Morgan fingerprint density at radius 3 is 2.50 bits per heavy atom. The molecule has 0 aromatic carbocycles. The van der Waals surface area contributed by atoms with Crippen LogP contribution in [0.25, 0.3) is 0 Å². The van der Waals surface area contributed by atoms with Crippen molar-refractivity contribution < 1.29 is 0 Å². The summed E-state index contributed by atoms with van der Waals surface area (Å²) in [5, 5.41) is 9.49. The molecule has 0 fully saturated rings. The third-order valence-corrected chi connectivity index (χ3v) is 0.591. The first-order valence-corrected chi connectivity index (χ1v) is 1.94. The maximum Gasteiger partial charge on any atom is 0.0428 e. The van der Waals surface area contributed by atoms with Crippen LogP contribution in [0.5, 0.6) is 0 Å². The zero-order chi connectivity index (χ0) is 4.99. The first kappa shape index (κ1) is 5.88. The molecule has 1 unspecified atom stereocenters. The molecule has 0 aliphatic carbocycles. The van der Waals surface area contributed by atoms with Crippen molar-refractivity contribution in [2.24, 2.45) is 5.73 Å². The summed E-state index contributed by atoms with van der Waals surface area (Å²) in [5.41, 5.74) is 6.69. The van der Waals surface area contributed by atoms with E-state index in [0.29, 0.717) is 6.42 Å². The average Bonchev–Trinajstić information content (AvgIpc) is 1.65. The molecule has 6 heavy (non-hydrogen) atoms. The summed E-state index contributed by atoms with van der Waals surface area (Å²) in [7, 11) is 0. The van der Waals surface area contributed by atoms with Crippen LogP contribution in [0.2, 0.25) is 0 Å². The molecular formula is C3H9N2O-. The van der Waals surface area contributed by atoms with Gasteiger partial charge in [-0.2, -0.15) is 0 Å². The van der Waals surface area contributed by atoms with E-state index in [1.807, 2.05) is 6.92 Å². The average molecular weight is 89.1 g/mol. The fourth-order valence-corrected chi connectivity index (χ4v) is 0.0833. The van der Waals surface area contributed by atoms with E-state index in [-0.39, 0.29) is 6.17 Å². The molecule has 1 atom stereocenters. The monoisotopic (exact) mass is 89.1 g/mol. The zero-order valence-corrected chi connectivity index (χ0v) is 3.77. The van der Waals surface area contributed by atoms with Crippen LogP contribution in [-0.2, 0) is 0 Å². The number of hydrogen-bond donors (Lipinski definition) is 2. The van der Waals surface area contributed by atoms with Gasteiger partial charge in [-0.3, -0.25) is 0 Å². The molecule has 0 spiro atoms. The molecule has 0 aromatic heterocycles. The van der Waals surface area contributed by atoms with Gasteiger partial charge in [0.25, 0.3) is 0 Å². The third kappa shape index (κ3) is 2.14. The van der Waals surface area contributed by atoms with Crippen LogP contribution in [0.1, 0.15) is 13.3 Å². The van der Waals surface area contributed by atoms with Gasteiger partial charge in [0.05, 0.1) is 0 Å². The predicted octanol–water partition coefficient (Wildman–Crippen LogP) is -0.231. The summed E-state index contributed by atoms with van der Waals surface area (Å²) in [4.78, 5) is 0. The summed E-state index contributed by atoms with van der Waals surface area (Å²) < 4.78 is 0. The highest BCUT2D eigenvalue weighted by Gasteiger charge is 1.82. The lowest BCUT2D eigenvalue weighted by molar-refractivity contribution is 0.593. The van der Waals surface area contributed by atoms with Crippen molar-refractivity contribution in [3.63, 3.8) is 0 Å². The van der Waals surface area contributed by atoms with E-state index in [0.717, 1.165) is 0 Å². The van der Waals surface area contributed by atoms with E-state index in [9.17, 15) is 5.21 Å². The first-order chi connectivity index (χ1) is 2.81. The van der Waals surface area contributed by atoms with Crippen LogP contribution >= 0.6 is 0 Å². The molecule has 0 amide bonds. The minimum absolute atomic E-state index is 0.370. The van der Waals surface area contributed by atoms with Crippen LogP contribution in [0, 0.1) is 5.21 Å². The molecule has 0 aliphatic rings. The maximum atomic E-state index is 9.49. The molecule has 0 rings (SSSR count). The quantitative estimate of drug-likeness (QED) is 0.363. The largest absolute Gasteiger partial charge is 0.787 e. The smallest absolute Gasteiger partial charge is 0.0428 e. The first-order valence-electron chi connectivity index (χ1n) is 1.94. The Bertz CT molecular complexity index is 28.0. The van der Waals surface area contributed by atoms with E-state index in [1.165, 1.54) is 0 Å². The van der Waals surface area contributed by atoms with Crippen LogP contribution < -0.4 is 11.2 Å². The summed E-state index contributed by atoms with van der Waals surface area (Å²) in [5.74, 6) is 0. The van der Waals surface area contributed by atoms with Crippen molar-refractivity contribution in [3.8, 4) is 0 Å². The van der Waals surface area contributed by atoms with Crippen LogP contribution in [-0.4, -0.2) is 6.17 Å².